The van der Waals surface area contributed by atoms with Gasteiger partial charge in [0, 0.05) is 31.1 Å². The molecule has 1 atom stereocenters. The summed E-state index contributed by atoms with van der Waals surface area (Å²) in [6, 6.07) is 12.9. The van der Waals surface area contributed by atoms with Crippen molar-refractivity contribution >= 4 is 5.91 Å². The van der Waals surface area contributed by atoms with Crippen LogP contribution in [-0.4, -0.2) is 35.1 Å². The summed E-state index contributed by atoms with van der Waals surface area (Å²) in [5, 5.41) is 8.98. The Bertz CT molecular complexity index is 730. The first kappa shape index (κ1) is 14.4. The van der Waals surface area contributed by atoms with E-state index in [0.29, 0.717) is 24.2 Å². The highest BCUT2D eigenvalue weighted by Gasteiger charge is 2.25. The molecule has 22 heavy (non-hydrogen) atoms. The number of carbonyl (C=O) groups excluding carboxylic acids is 1. The minimum absolute atomic E-state index is 0.0447. The summed E-state index contributed by atoms with van der Waals surface area (Å²) in [6.45, 7) is 1.82. The molecule has 0 spiro atoms. The first-order valence-electron chi connectivity index (χ1n) is 7.17. The number of methoxy groups -OCH3 is 1. The highest BCUT2D eigenvalue weighted by Crippen LogP contribution is 2.18. The highest BCUT2D eigenvalue weighted by molar-refractivity contribution is 5.94. The molecular formula is C17H17N3O2. The van der Waals surface area contributed by atoms with Gasteiger partial charge in [0.05, 0.1) is 30.8 Å². The molecule has 1 aliphatic heterocycles. The Labute approximate surface area is 129 Å². The Balaban J connectivity index is 1.89. The molecule has 1 aromatic carbocycles. The van der Waals surface area contributed by atoms with Crippen LogP contribution in [-0.2, 0) is 17.8 Å². The van der Waals surface area contributed by atoms with Crippen LogP contribution in [0.15, 0.2) is 42.6 Å². The number of hydrogen-bond acceptors (Lipinski definition) is 3. The number of aromatic nitrogens is 1. The van der Waals surface area contributed by atoms with Gasteiger partial charge in [0.25, 0.3) is 5.91 Å². The van der Waals surface area contributed by atoms with Crippen LogP contribution in [0.2, 0.25) is 0 Å². The van der Waals surface area contributed by atoms with Gasteiger partial charge in [-0.3, -0.25) is 4.79 Å². The van der Waals surface area contributed by atoms with Crippen molar-refractivity contribution < 1.29 is 9.53 Å². The molecule has 2 aromatic rings. The van der Waals surface area contributed by atoms with Crippen molar-refractivity contribution in [3.05, 3.63) is 59.4 Å². The molecule has 0 bridgehead atoms. The maximum Gasteiger partial charge on any atom is 0.254 e. The molecule has 5 nitrogen and oxygen atoms in total. The summed E-state index contributed by atoms with van der Waals surface area (Å²) in [7, 11) is 1.66. The number of ether oxygens (including phenoxy) is 1. The summed E-state index contributed by atoms with van der Waals surface area (Å²) < 4.78 is 7.61. The Kier molecular flexibility index (Phi) is 3.94. The molecule has 0 radical (unpaired) electrons. The van der Waals surface area contributed by atoms with Gasteiger partial charge >= 0.3 is 0 Å². The second-order valence-electron chi connectivity index (χ2n) is 5.39. The smallest absolute Gasteiger partial charge is 0.254 e. The van der Waals surface area contributed by atoms with Gasteiger partial charge in [-0.2, -0.15) is 5.26 Å². The lowest BCUT2D eigenvalue weighted by Crippen LogP contribution is -2.36. The molecule has 0 fully saturated rings. The molecule has 0 saturated heterocycles. The maximum absolute atomic E-state index is 12.8. The molecule has 1 aromatic heterocycles. The average molecular weight is 295 g/mol. The number of hydrogen-bond donors (Lipinski definition) is 0. The van der Waals surface area contributed by atoms with Crippen LogP contribution in [0.25, 0.3) is 0 Å². The zero-order valence-corrected chi connectivity index (χ0v) is 12.4. The predicted molar refractivity (Wildman–Crippen MR) is 81.1 cm³/mol. The van der Waals surface area contributed by atoms with Crippen molar-refractivity contribution in [3.8, 4) is 6.07 Å². The van der Waals surface area contributed by atoms with E-state index in [4.69, 9.17) is 10.00 Å². The number of amides is 1. The molecule has 0 aliphatic carbocycles. The van der Waals surface area contributed by atoms with Crippen LogP contribution in [0.3, 0.4) is 0 Å². The first-order chi connectivity index (χ1) is 10.7. The van der Waals surface area contributed by atoms with Gasteiger partial charge in [0.2, 0.25) is 0 Å². The Hall–Kier alpha value is -2.58. The average Bonchev–Trinajstić information content (AvgIpc) is 2.91. The van der Waals surface area contributed by atoms with E-state index in [-0.39, 0.29) is 12.0 Å². The standard InChI is InChI=1S/C17H17N3O2/c1-22-16-11-19-7-3-6-15(19)10-20(12-16)17(21)14-5-2-4-13(8-14)9-18/h2-8,16H,10-12H2,1H3/t16-/m0/s1. The predicted octanol–water partition coefficient (Wildman–Crippen LogP) is 2.03. The Morgan fingerprint density at radius 3 is 2.95 bits per heavy atom. The van der Waals surface area contributed by atoms with Crippen LogP contribution in [0, 0.1) is 11.3 Å². The van der Waals surface area contributed by atoms with Gasteiger partial charge in [-0.25, -0.2) is 0 Å². The second-order valence-corrected chi connectivity index (χ2v) is 5.39. The van der Waals surface area contributed by atoms with Gasteiger partial charge < -0.3 is 14.2 Å². The maximum atomic E-state index is 12.8. The molecule has 5 heteroatoms. The molecule has 3 rings (SSSR count). The number of nitriles is 1. The third-order valence-corrected chi connectivity index (χ3v) is 3.96. The minimum atomic E-state index is -0.0752. The molecule has 1 amide bonds. The van der Waals surface area contributed by atoms with Gasteiger partial charge in [-0.05, 0) is 30.3 Å². The van der Waals surface area contributed by atoms with E-state index < -0.39 is 0 Å². The summed E-state index contributed by atoms with van der Waals surface area (Å²) >= 11 is 0. The molecular weight excluding hydrogens is 278 g/mol. The zero-order valence-electron chi connectivity index (χ0n) is 12.4. The van der Waals surface area contributed by atoms with Crippen molar-refractivity contribution in [1.82, 2.24) is 9.47 Å². The summed E-state index contributed by atoms with van der Waals surface area (Å²) in [5.74, 6) is -0.0752. The van der Waals surface area contributed by atoms with E-state index in [2.05, 4.69) is 10.6 Å². The summed E-state index contributed by atoms with van der Waals surface area (Å²) in [4.78, 5) is 14.5. The number of rotatable bonds is 2. The highest BCUT2D eigenvalue weighted by atomic mass is 16.5. The molecule has 0 saturated carbocycles. The normalized spacial score (nSPS) is 17.5. The van der Waals surface area contributed by atoms with Crippen molar-refractivity contribution in [2.24, 2.45) is 0 Å². The molecule has 0 N–H and O–H groups in total. The monoisotopic (exact) mass is 295 g/mol. The third-order valence-electron chi connectivity index (χ3n) is 3.96. The van der Waals surface area contributed by atoms with Crippen LogP contribution >= 0.6 is 0 Å². The molecule has 0 unspecified atom stereocenters. The van der Waals surface area contributed by atoms with Crippen LogP contribution in [0.4, 0.5) is 0 Å². The summed E-state index contributed by atoms with van der Waals surface area (Å²) in [5.41, 5.74) is 2.12. The van der Waals surface area contributed by atoms with Crippen LogP contribution in [0.1, 0.15) is 21.6 Å². The quantitative estimate of drug-likeness (QED) is 0.852. The largest absolute Gasteiger partial charge is 0.378 e. The SMILES string of the molecule is CO[C@@H]1CN(C(=O)c2cccc(C#N)c2)Cc2cccn2C1. The van der Waals surface area contributed by atoms with Crippen molar-refractivity contribution in [2.75, 3.05) is 13.7 Å². The van der Waals surface area contributed by atoms with Gasteiger partial charge in [-0.1, -0.05) is 6.07 Å². The fourth-order valence-electron chi connectivity index (χ4n) is 2.76. The van der Waals surface area contributed by atoms with Crippen molar-refractivity contribution in [3.63, 3.8) is 0 Å². The number of carbonyl (C=O) groups is 1. The lowest BCUT2D eigenvalue weighted by atomic mass is 10.1. The second kappa shape index (κ2) is 6.04. The number of fused-ring (bicyclic) bond motifs is 1. The van der Waals surface area contributed by atoms with Crippen LogP contribution in [0.5, 0.6) is 0 Å². The Morgan fingerprint density at radius 2 is 2.18 bits per heavy atom. The van der Waals surface area contributed by atoms with E-state index in [0.717, 1.165) is 12.2 Å². The lowest BCUT2D eigenvalue weighted by Gasteiger charge is -2.23. The fraction of sp³-hybridized carbons (Fsp3) is 0.294. The number of nitrogens with zero attached hydrogens (tertiary/aromatic N) is 3. The number of benzene rings is 1. The zero-order chi connectivity index (χ0) is 15.5. The fourth-order valence-corrected chi connectivity index (χ4v) is 2.76. The van der Waals surface area contributed by atoms with E-state index in [1.54, 1.807) is 36.3 Å². The molecule has 2 heterocycles. The van der Waals surface area contributed by atoms with Gasteiger partial charge in [-0.15, -0.1) is 0 Å². The Morgan fingerprint density at radius 1 is 1.32 bits per heavy atom. The third kappa shape index (κ3) is 2.74. The minimum Gasteiger partial charge on any atom is -0.378 e. The van der Waals surface area contributed by atoms with Crippen molar-refractivity contribution in [1.29, 1.82) is 5.26 Å². The topological polar surface area (TPSA) is 58.3 Å². The molecule has 1 aliphatic rings. The summed E-state index contributed by atoms with van der Waals surface area (Å²) in [6.07, 6.45) is 1.96. The van der Waals surface area contributed by atoms with E-state index in [9.17, 15) is 4.79 Å². The van der Waals surface area contributed by atoms with Crippen molar-refractivity contribution in [2.45, 2.75) is 19.2 Å². The van der Waals surface area contributed by atoms with E-state index in [1.807, 2.05) is 18.3 Å². The van der Waals surface area contributed by atoms with E-state index in [1.165, 1.54) is 0 Å². The van der Waals surface area contributed by atoms with Gasteiger partial charge in [0.1, 0.15) is 0 Å². The first-order valence-corrected chi connectivity index (χ1v) is 7.17. The molecule has 112 valence electrons. The lowest BCUT2D eigenvalue weighted by molar-refractivity contribution is 0.0459. The van der Waals surface area contributed by atoms with Gasteiger partial charge in [0.15, 0.2) is 0 Å². The van der Waals surface area contributed by atoms with Crippen LogP contribution < -0.4 is 0 Å². The van der Waals surface area contributed by atoms with E-state index >= 15 is 0 Å².